The fraction of sp³-hybridized carbons (Fsp3) is 0.222. The highest BCUT2D eigenvalue weighted by Gasteiger charge is 2.16. The first-order valence-corrected chi connectivity index (χ1v) is 8.88. The number of amides is 1. The highest BCUT2D eigenvalue weighted by Crippen LogP contribution is 2.14. The number of hydrogen-bond acceptors (Lipinski definition) is 5. The lowest BCUT2D eigenvalue weighted by molar-refractivity contribution is 0.0949. The van der Waals surface area contributed by atoms with Crippen molar-refractivity contribution < 1.29 is 4.79 Å². The van der Waals surface area contributed by atoms with Gasteiger partial charge in [-0.1, -0.05) is 31.2 Å². The third kappa shape index (κ3) is 3.51. The molecule has 3 aromatic rings. The van der Waals surface area contributed by atoms with E-state index < -0.39 is 5.91 Å². The minimum Gasteiger partial charge on any atom is -0.267 e. The Morgan fingerprint density at radius 1 is 1.24 bits per heavy atom. The van der Waals surface area contributed by atoms with E-state index in [9.17, 15) is 9.59 Å². The number of fused-ring (bicyclic) bond motifs is 1. The van der Waals surface area contributed by atoms with Crippen LogP contribution in [0.25, 0.3) is 10.8 Å². The van der Waals surface area contributed by atoms with Gasteiger partial charge in [-0.2, -0.15) is 10.2 Å². The maximum Gasteiger partial charge on any atom is 0.292 e. The van der Waals surface area contributed by atoms with Gasteiger partial charge in [-0.3, -0.25) is 9.59 Å². The summed E-state index contributed by atoms with van der Waals surface area (Å²) in [4.78, 5) is 26.0. The first-order chi connectivity index (χ1) is 12.1. The molecule has 25 heavy (non-hydrogen) atoms. The maximum atomic E-state index is 12.6. The average molecular weight is 354 g/mol. The molecule has 0 radical (unpaired) electrons. The summed E-state index contributed by atoms with van der Waals surface area (Å²) in [5, 5.41) is 11.4. The van der Waals surface area contributed by atoms with Crippen molar-refractivity contribution in [3.8, 4) is 0 Å². The van der Waals surface area contributed by atoms with Crippen LogP contribution in [-0.2, 0) is 6.54 Å². The van der Waals surface area contributed by atoms with Crippen LogP contribution in [0.5, 0.6) is 0 Å². The van der Waals surface area contributed by atoms with E-state index >= 15 is 0 Å². The molecule has 0 saturated heterocycles. The van der Waals surface area contributed by atoms with E-state index in [4.69, 9.17) is 0 Å². The van der Waals surface area contributed by atoms with Gasteiger partial charge in [-0.25, -0.2) is 10.1 Å². The van der Waals surface area contributed by atoms with Crippen LogP contribution in [0.1, 0.15) is 35.6 Å². The van der Waals surface area contributed by atoms with Crippen molar-refractivity contribution in [2.75, 3.05) is 0 Å². The molecule has 3 rings (SSSR count). The van der Waals surface area contributed by atoms with Crippen LogP contribution in [0.15, 0.2) is 51.7 Å². The number of hydrazone groups is 1. The van der Waals surface area contributed by atoms with Gasteiger partial charge in [0.25, 0.3) is 11.5 Å². The second-order valence-electron chi connectivity index (χ2n) is 5.54. The number of hydrogen-bond donors (Lipinski definition) is 1. The number of carbonyl (C=O) groups excluding carboxylic acids is 1. The van der Waals surface area contributed by atoms with Gasteiger partial charge in [-0.05, 0) is 30.9 Å². The van der Waals surface area contributed by atoms with E-state index in [0.717, 1.165) is 17.0 Å². The topological polar surface area (TPSA) is 76.3 Å². The lowest BCUT2D eigenvalue weighted by Gasteiger charge is -2.09. The SMILES string of the molecule is CCCn1nc(C(=O)N/N=C(/C)c2cccs2)c2ccccc2c1=O. The third-order valence-corrected chi connectivity index (χ3v) is 4.70. The van der Waals surface area contributed by atoms with E-state index in [1.807, 2.05) is 31.4 Å². The molecule has 1 N–H and O–H groups in total. The van der Waals surface area contributed by atoms with Crippen LogP contribution < -0.4 is 11.0 Å². The molecule has 128 valence electrons. The molecule has 2 heterocycles. The van der Waals surface area contributed by atoms with Gasteiger partial charge in [0.15, 0.2) is 5.69 Å². The van der Waals surface area contributed by atoms with Gasteiger partial charge in [0.05, 0.1) is 11.1 Å². The Bertz CT molecular complexity index is 990. The van der Waals surface area contributed by atoms with Crippen molar-refractivity contribution in [3.63, 3.8) is 0 Å². The summed E-state index contributed by atoms with van der Waals surface area (Å²) in [5.74, 6) is -0.433. The van der Waals surface area contributed by atoms with E-state index in [1.165, 1.54) is 4.68 Å². The van der Waals surface area contributed by atoms with Crippen LogP contribution >= 0.6 is 11.3 Å². The minimum absolute atomic E-state index is 0.188. The van der Waals surface area contributed by atoms with Crippen molar-refractivity contribution in [2.45, 2.75) is 26.8 Å². The zero-order chi connectivity index (χ0) is 17.8. The monoisotopic (exact) mass is 354 g/mol. The Morgan fingerprint density at radius 2 is 2.00 bits per heavy atom. The number of aromatic nitrogens is 2. The Kier molecular flexibility index (Phi) is 5.04. The molecule has 0 saturated carbocycles. The zero-order valence-electron chi connectivity index (χ0n) is 14.0. The predicted octanol–water partition coefficient (Wildman–Crippen LogP) is 3.02. The molecular weight excluding hydrogens is 336 g/mol. The summed E-state index contributed by atoms with van der Waals surface area (Å²) in [5.41, 5.74) is 3.28. The lowest BCUT2D eigenvalue weighted by atomic mass is 10.1. The van der Waals surface area contributed by atoms with Crippen molar-refractivity contribution >= 4 is 33.7 Å². The van der Waals surface area contributed by atoms with Crippen LogP contribution in [0.3, 0.4) is 0 Å². The normalized spacial score (nSPS) is 11.7. The third-order valence-electron chi connectivity index (χ3n) is 3.72. The molecule has 0 unspecified atom stereocenters. The summed E-state index contributed by atoms with van der Waals surface area (Å²) in [7, 11) is 0. The fourth-order valence-corrected chi connectivity index (χ4v) is 3.17. The molecule has 0 bridgehead atoms. The summed E-state index contributed by atoms with van der Waals surface area (Å²) in [6, 6.07) is 10.9. The van der Waals surface area contributed by atoms with Gasteiger partial charge >= 0.3 is 0 Å². The Balaban J connectivity index is 1.99. The highest BCUT2D eigenvalue weighted by atomic mass is 32.1. The molecule has 0 aliphatic rings. The van der Waals surface area contributed by atoms with Crippen LogP contribution in [-0.4, -0.2) is 21.4 Å². The number of thiophene rings is 1. The largest absolute Gasteiger partial charge is 0.292 e. The number of benzene rings is 1. The molecule has 2 aromatic heterocycles. The second kappa shape index (κ2) is 7.40. The number of rotatable bonds is 5. The molecular formula is C18H18N4O2S. The molecule has 0 aliphatic heterocycles. The summed E-state index contributed by atoms with van der Waals surface area (Å²) in [6.07, 6.45) is 0.752. The highest BCUT2D eigenvalue weighted by molar-refractivity contribution is 7.12. The van der Waals surface area contributed by atoms with E-state index in [0.29, 0.717) is 17.3 Å². The molecule has 0 aliphatic carbocycles. The van der Waals surface area contributed by atoms with Gasteiger partial charge in [0.1, 0.15) is 0 Å². The number of carbonyl (C=O) groups is 1. The smallest absolute Gasteiger partial charge is 0.267 e. The first-order valence-electron chi connectivity index (χ1n) is 8.00. The van der Waals surface area contributed by atoms with E-state index in [-0.39, 0.29) is 11.3 Å². The van der Waals surface area contributed by atoms with Crippen molar-refractivity contribution in [3.05, 3.63) is 62.7 Å². The summed E-state index contributed by atoms with van der Waals surface area (Å²) >= 11 is 1.55. The van der Waals surface area contributed by atoms with Gasteiger partial charge < -0.3 is 0 Å². The maximum absolute atomic E-state index is 12.6. The van der Waals surface area contributed by atoms with Gasteiger partial charge in [0, 0.05) is 16.8 Å². The molecule has 0 fully saturated rings. The second-order valence-corrected chi connectivity index (χ2v) is 6.49. The van der Waals surface area contributed by atoms with Crippen LogP contribution in [0, 0.1) is 0 Å². The zero-order valence-corrected chi connectivity index (χ0v) is 14.8. The standard InChI is InChI=1S/C18H18N4O2S/c1-3-10-22-18(24)14-8-5-4-7-13(14)16(21-22)17(23)20-19-12(2)15-9-6-11-25-15/h4-9,11H,3,10H2,1-2H3,(H,20,23)/b19-12-. The number of aryl methyl sites for hydroxylation is 1. The number of nitrogens with zero attached hydrogens (tertiary/aromatic N) is 3. The Morgan fingerprint density at radius 3 is 2.68 bits per heavy atom. The molecule has 1 aromatic carbocycles. The van der Waals surface area contributed by atoms with Crippen molar-refractivity contribution in [1.29, 1.82) is 0 Å². The van der Waals surface area contributed by atoms with Gasteiger partial charge in [0.2, 0.25) is 0 Å². The average Bonchev–Trinajstić information content (AvgIpc) is 3.17. The minimum atomic E-state index is -0.433. The molecule has 0 spiro atoms. The molecule has 7 heteroatoms. The quantitative estimate of drug-likeness (QED) is 0.565. The fourth-order valence-electron chi connectivity index (χ4n) is 2.49. The predicted molar refractivity (Wildman–Crippen MR) is 100 cm³/mol. The Labute approximate surface area is 148 Å². The van der Waals surface area contributed by atoms with Crippen LogP contribution in [0.4, 0.5) is 0 Å². The Hall–Kier alpha value is -2.80. The molecule has 0 atom stereocenters. The number of nitrogens with one attached hydrogen (secondary N) is 1. The molecule has 1 amide bonds. The van der Waals surface area contributed by atoms with E-state index in [2.05, 4.69) is 15.6 Å². The van der Waals surface area contributed by atoms with Crippen molar-refractivity contribution in [1.82, 2.24) is 15.2 Å². The lowest BCUT2D eigenvalue weighted by Crippen LogP contribution is -2.29. The molecule has 6 nitrogen and oxygen atoms in total. The first kappa shape index (κ1) is 17.0. The summed E-state index contributed by atoms with van der Waals surface area (Å²) in [6.45, 7) is 4.24. The van der Waals surface area contributed by atoms with Gasteiger partial charge in [-0.15, -0.1) is 11.3 Å². The van der Waals surface area contributed by atoms with E-state index in [1.54, 1.807) is 35.6 Å². The van der Waals surface area contributed by atoms with Crippen molar-refractivity contribution in [2.24, 2.45) is 5.10 Å². The van der Waals surface area contributed by atoms with Crippen LogP contribution in [0.2, 0.25) is 0 Å². The summed E-state index contributed by atoms with van der Waals surface area (Å²) < 4.78 is 1.34.